The third kappa shape index (κ3) is 3.59. The molecule has 0 fully saturated rings. The number of fused-ring (bicyclic) bond motifs is 1. The van der Waals surface area contributed by atoms with Gasteiger partial charge in [-0.2, -0.15) is 0 Å². The number of rotatable bonds is 7. The highest BCUT2D eigenvalue weighted by molar-refractivity contribution is 6.52. The number of nitrogens with one attached hydrogen (secondary N) is 1. The van der Waals surface area contributed by atoms with Crippen molar-refractivity contribution in [1.82, 2.24) is 0 Å². The number of amides is 1. The Hall–Kier alpha value is -3.15. The van der Waals surface area contributed by atoms with Crippen LogP contribution in [0.1, 0.15) is 40.5 Å². The van der Waals surface area contributed by atoms with Gasteiger partial charge in [0.25, 0.3) is 5.78 Å². The van der Waals surface area contributed by atoms with E-state index in [4.69, 9.17) is 4.74 Å². The van der Waals surface area contributed by atoms with E-state index in [1.807, 2.05) is 6.92 Å². The predicted molar refractivity (Wildman–Crippen MR) is 98.4 cm³/mol. The first-order valence-electron chi connectivity index (χ1n) is 8.58. The number of hydrogen-bond acceptors (Lipinski definition) is 5. The molecule has 3 rings (SSSR count). The van der Waals surface area contributed by atoms with E-state index in [1.54, 1.807) is 48.5 Å². The van der Waals surface area contributed by atoms with Gasteiger partial charge in [0.2, 0.25) is 0 Å². The van der Waals surface area contributed by atoms with Crippen LogP contribution in [0.5, 0.6) is 0 Å². The molecule has 6 heteroatoms. The molecule has 0 radical (unpaired) electrons. The van der Waals surface area contributed by atoms with E-state index in [-0.39, 0.29) is 12.6 Å². The molecular weight excluding hydrogens is 332 g/mol. The zero-order chi connectivity index (χ0) is 18.5. The van der Waals surface area contributed by atoms with E-state index in [1.165, 1.54) is 4.90 Å². The monoisotopic (exact) mass is 352 g/mol. The van der Waals surface area contributed by atoms with Crippen molar-refractivity contribution in [1.29, 1.82) is 0 Å². The van der Waals surface area contributed by atoms with Gasteiger partial charge in [0.05, 0.1) is 30.1 Å². The van der Waals surface area contributed by atoms with Gasteiger partial charge in [0.15, 0.2) is 0 Å². The molecule has 1 aliphatic heterocycles. The Morgan fingerprint density at radius 2 is 1.81 bits per heavy atom. The van der Waals surface area contributed by atoms with Gasteiger partial charge in [-0.3, -0.25) is 14.5 Å². The molecule has 1 heterocycles. The van der Waals surface area contributed by atoms with Crippen molar-refractivity contribution in [2.75, 3.05) is 23.5 Å². The van der Waals surface area contributed by atoms with Crippen LogP contribution < -0.4 is 10.2 Å². The van der Waals surface area contributed by atoms with Crippen LogP contribution in [0.15, 0.2) is 48.5 Å². The molecule has 0 unspecified atom stereocenters. The second-order valence-electron chi connectivity index (χ2n) is 5.98. The Bertz CT molecular complexity index is 830. The number of unbranched alkanes of at least 4 members (excludes halogenated alkanes) is 1. The lowest BCUT2D eigenvalue weighted by atomic mass is 10.1. The summed E-state index contributed by atoms with van der Waals surface area (Å²) in [6, 6.07) is 13.7. The van der Waals surface area contributed by atoms with E-state index in [0.717, 1.165) is 18.5 Å². The molecule has 0 spiro atoms. The van der Waals surface area contributed by atoms with Crippen molar-refractivity contribution in [2.45, 2.75) is 19.8 Å². The maximum Gasteiger partial charge on any atom is 0.338 e. The van der Waals surface area contributed by atoms with Crippen molar-refractivity contribution < 1.29 is 19.1 Å². The maximum atomic E-state index is 12.1. The summed E-state index contributed by atoms with van der Waals surface area (Å²) in [6.45, 7) is 2.62. The number of ketones is 1. The Labute approximate surface area is 151 Å². The average Bonchev–Trinajstić information content (AvgIpc) is 2.91. The summed E-state index contributed by atoms with van der Waals surface area (Å²) in [5, 5.41) is 3.10. The number of carbonyl (C=O) groups is 3. The molecule has 6 nitrogen and oxygen atoms in total. The number of carbonyl (C=O) groups excluding carboxylic acids is 3. The van der Waals surface area contributed by atoms with E-state index < -0.39 is 11.7 Å². The highest BCUT2D eigenvalue weighted by Gasteiger charge is 2.35. The normalized spacial score (nSPS) is 12.9. The predicted octanol–water partition coefficient (Wildman–Crippen LogP) is 3.24. The summed E-state index contributed by atoms with van der Waals surface area (Å²) in [5.74, 6) is -1.39. The smallest absolute Gasteiger partial charge is 0.338 e. The SMILES string of the molecule is CCCCOC(=O)c1ccc(NCN2C(=O)C(=O)c3ccccc32)cc1. The van der Waals surface area contributed by atoms with Crippen LogP contribution in [0.4, 0.5) is 11.4 Å². The van der Waals surface area contributed by atoms with Crippen molar-refractivity contribution >= 4 is 29.0 Å². The van der Waals surface area contributed by atoms with Gasteiger partial charge in [0, 0.05) is 5.69 Å². The lowest BCUT2D eigenvalue weighted by Gasteiger charge is -2.18. The second kappa shape index (κ2) is 7.82. The zero-order valence-electron chi connectivity index (χ0n) is 14.5. The number of nitrogens with zero attached hydrogens (tertiary/aromatic N) is 1. The first-order chi connectivity index (χ1) is 12.6. The Morgan fingerprint density at radius 3 is 2.54 bits per heavy atom. The van der Waals surface area contributed by atoms with Crippen molar-refractivity contribution in [3.63, 3.8) is 0 Å². The van der Waals surface area contributed by atoms with E-state index >= 15 is 0 Å². The van der Waals surface area contributed by atoms with Gasteiger partial charge in [-0.05, 0) is 42.8 Å². The van der Waals surface area contributed by atoms with E-state index in [0.29, 0.717) is 23.4 Å². The number of para-hydroxylation sites is 1. The van der Waals surface area contributed by atoms with Crippen LogP contribution in [0.2, 0.25) is 0 Å². The summed E-state index contributed by atoms with van der Waals surface area (Å²) in [5.41, 5.74) is 2.24. The summed E-state index contributed by atoms with van der Waals surface area (Å²) in [7, 11) is 0. The van der Waals surface area contributed by atoms with Gasteiger partial charge in [-0.25, -0.2) is 4.79 Å². The quantitative estimate of drug-likeness (QED) is 0.470. The maximum absolute atomic E-state index is 12.1. The van der Waals surface area contributed by atoms with Gasteiger partial charge in [-0.15, -0.1) is 0 Å². The third-order valence-electron chi connectivity index (χ3n) is 4.17. The summed E-state index contributed by atoms with van der Waals surface area (Å²) < 4.78 is 5.16. The highest BCUT2D eigenvalue weighted by atomic mass is 16.5. The van der Waals surface area contributed by atoms with Crippen LogP contribution in [-0.4, -0.2) is 30.9 Å². The summed E-state index contributed by atoms with van der Waals surface area (Å²) in [4.78, 5) is 37.4. The van der Waals surface area contributed by atoms with Crippen LogP contribution >= 0.6 is 0 Å². The molecule has 1 N–H and O–H groups in total. The number of benzene rings is 2. The largest absolute Gasteiger partial charge is 0.462 e. The number of Topliss-reactive ketones (excluding diaryl/α,β-unsaturated/α-hetero) is 1. The summed E-state index contributed by atoms with van der Waals surface area (Å²) >= 11 is 0. The average molecular weight is 352 g/mol. The molecule has 1 amide bonds. The molecule has 26 heavy (non-hydrogen) atoms. The molecule has 0 saturated heterocycles. The van der Waals surface area contributed by atoms with Crippen LogP contribution in [0.3, 0.4) is 0 Å². The van der Waals surface area contributed by atoms with Gasteiger partial charge in [0.1, 0.15) is 0 Å². The highest BCUT2D eigenvalue weighted by Crippen LogP contribution is 2.28. The number of hydrogen-bond donors (Lipinski definition) is 1. The topological polar surface area (TPSA) is 75.7 Å². The first kappa shape index (κ1) is 17.7. The Balaban J connectivity index is 1.61. The van der Waals surface area contributed by atoms with Crippen LogP contribution in [0.25, 0.3) is 0 Å². The van der Waals surface area contributed by atoms with Crippen LogP contribution in [-0.2, 0) is 9.53 Å². The molecule has 0 saturated carbocycles. The molecule has 2 aromatic rings. The second-order valence-corrected chi connectivity index (χ2v) is 5.98. The fraction of sp³-hybridized carbons (Fsp3) is 0.250. The van der Waals surface area contributed by atoms with E-state index in [9.17, 15) is 14.4 Å². The van der Waals surface area contributed by atoms with Crippen molar-refractivity contribution in [3.05, 3.63) is 59.7 Å². The molecule has 0 atom stereocenters. The Kier molecular flexibility index (Phi) is 5.31. The number of ether oxygens (including phenoxy) is 1. The van der Waals surface area contributed by atoms with E-state index in [2.05, 4.69) is 5.32 Å². The lowest BCUT2D eigenvalue weighted by molar-refractivity contribution is -0.114. The third-order valence-corrected chi connectivity index (χ3v) is 4.17. The van der Waals surface area contributed by atoms with Crippen molar-refractivity contribution in [3.8, 4) is 0 Å². The minimum absolute atomic E-state index is 0.169. The van der Waals surface area contributed by atoms with Crippen LogP contribution in [0, 0.1) is 0 Å². The van der Waals surface area contributed by atoms with Gasteiger partial charge < -0.3 is 10.1 Å². The van der Waals surface area contributed by atoms with Gasteiger partial charge >= 0.3 is 11.9 Å². The van der Waals surface area contributed by atoms with Gasteiger partial charge in [-0.1, -0.05) is 25.5 Å². The first-order valence-corrected chi connectivity index (χ1v) is 8.58. The number of esters is 1. The number of anilines is 2. The molecule has 134 valence electrons. The fourth-order valence-corrected chi connectivity index (χ4v) is 2.69. The fourth-order valence-electron chi connectivity index (χ4n) is 2.69. The molecule has 0 aromatic heterocycles. The summed E-state index contributed by atoms with van der Waals surface area (Å²) in [6.07, 6.45) is 1.81. The Morgan fingerprint density at radius 1 is 1.08 bits per heavy atom. The molecule has 1 aliphatic rings. The molecule has 0 aliphatic carbocycles. The zero-order valence-corrected chi connectivity index (χ0v) is 14.5. The minimum Gasteiger partial charge on any atom is -0.462 e. The lowest BCUT2D eigenvalue weighted by Crippen LogP contribution is -2.34. The molecule has 2 aromatic carbocycles. The molecular formula is C20H20N2O4. The minimum atomic E-state index is -0.546. The standard InChI is InChI=1S/C20H20N2O4/c1-2-3-12-26-20(25)14-8-10-15(11-9-14)21-13-22-17-7-5-4-6-16(17)18(23)19(22)24/h4-11,21H,2-3,12-13H2,1H3. The molecule has 0 bridgehead atoms. The van der Waals surface area contributed by atoms with Crippen molar-refractivity contribution in [2.24, 2.45) is 0 Å².